The molecule has 0 bridgehead atoms. The first-order chi connectivity index (χ1) is 9.01. The summed E-state index contributed by atoms with van der Waals surface area (Å²) in [5, 5.41) is 3.86. The minimum Gasteiger partial charge on any atom is -0.464 e. The molecule has 0 saturated heterocycles. The van der Waals surface area contributed by atoms with Crippen molar-refractivity contribution in [2.45, 2.75) is 33.1 Å². The van der Waals surface area contributed by atoms with Crippen LogP contribution in [-0.2, 0) is 4.74 Å². The van der Waals surface area contributed by atoms with E-state index < -0.39 is 5.97 Å². The summed E-state index contributed by atoms with van der Waals surface area (Å²) in [5.74, 6) is -0.728. The highest BCUT2D eigenvalue weighted by Crippen LogP contribution is 2.48. The molecule has 0 radical (unpaired) electrons. The van der Waals surface area contributed by atoms with Crippen LogP contribution in [0.15, 0.2) is 0 Å². The molecule has 0 aliphatic heterocycles. The molecule has 19 heavy (non-hydrogen) atoms. The third kappa shape index (κ3) is 2.94. The molecule has 1 aliphatic carbocycles. The largest absolute Gasteiger partial charge is 0.464 e. The number of hydrogen-bond donors (Lipinski definition) is 1. The number of methoxy groups -OCH3 is 1. The highest BCUT2D eigenvalue weighted by molar-refractivity contribution is 7.17. The number of rotatable bonds is 6. The average Bonchev–Trinajstić information content (AvgIpc) is 3.06. The van der Waals surface area contributed by atoms with Gasteiger partial charge in [0.15, 0.2) is 16.6 Å². The van der Waals surface area contributed by atoms with Crippen LogP contribution in [0, 0.1) is 5.41 Å². The molecule has 0 atom stereocenters. The van der Waals surface area contributed by atoms with Gasteiger partial charge < -0.3 is 10.1 Å². The van der Waals surface area contributed by atoms with Gasteiger partial charge in [0.1, 0.15) is 4.88 Å². The number of anilines is 1. The summed E-state index contributed by atoms with van der Waals surface area (Å²) < 4.78 is 4.64. The van der Waals surface area contributed by atoms with E-state index in [1.165, 1.54) is 38.2 Å². The normalized spacial score (nSPS) is 15.9. The van der Waals surface area contributed by atoms with Crippen LogP contribution in [0.1, 0.15) is 53.3 Å². The van der Waals surface area contributed by atoms with Crippen molar-refractivity contribution < 1.29 is 14.3 Å². The Morgan fingerprint density at radius 2 is 2.16 bits per heavy atom. The van der Waals surface area contributed by atoms with E-state index in [0.717, 1.165) is 13.0 Å². The Kier molecular flexibility index (Phi) is 3.89. The molecule has 0 unspecified atom stereocenters. The molecular formula is C13H18N2O3S. The number of aromatic nitrogens is 1. The maximum Gasteiger partial charge on any atom is 0.358 e. The molecule has 104 valence electrons. The Bertz CT molecular complexity index is 506. The Balaban J connectivity index is 2.13. The van der Waals surface area contributed by atoms with E-state index in [2.05, 4.69) is 22.0 Å². The third-order valence-electron chi connectivity index (χ3n) is 3.65. The summed E-state index contributed by atoms with van der Waals surface area (Å²) in [4.78, 5) is 27.6. The number of nitrogens with zero attached hydrogens (tertiary/aromatic N) is 1. The fourth-order valence-corrected chi connectivity index (χ4v) is 2.81. The maximum absolute atomic E-state index is 11.6. The van der Waals surface area contributed by atoms with Crippen LogP contribution in [0.4, 0.5) is 5.13 Å². The van der Waals surface area contributed by atoms with Gasteiger partial charge in [-0.25, -0.2) is 9.78 Å². The van der Waals surface area contributed by atoms with E-state index in [-0.39, 0.29) is 11.5 Å². The van der Waals surface area contributed by atoms with Crippen molar-refractivity contribution in [3.8, 4) is 0 Å². The maximum atomic E-state index is 11.6. The first-order valence-electron chi connectivity index (χ1n) is 6.35. The van der Waals surface area contributed by atoms with Crippen molar-refractivity contribution in [3.63, 3.8) is 0 Å². The summed E-state index contributed by atoms with van der Waals surface area (Å²) in [6.07, 6.45) is 3.59. The summed E-state index contributed by atoms with van der Waals surface area (Å²) in [5.41, 5.74) is 0.497. The van der Waals surface area contributed by atoms with E-state index in [1.54, 1.807) is 0 Å². The van der Waals surface area contributed by atoms with Crippen molar-refractivity contribution in [1.82, 2.24) is 4.98 Å². The van der Waals surface area contributed by atoms with Gasteiger partial charge in [-0.3, -0.25) is 4.79 Å². The zero-order valence-electron chi connectivity index (χ0n) is 11.4. The highest BCUT2D eigenvalue weighted by atomic mass is 32.1. The van der Waals surface area contributed by atoms with Crippen molar-refractivity contribution in [3.05, 3.63) is 10.6 Å². The van der Waals surface area contributed by atoms with Gasteiger partial charge in [0, 0.05) is 13.5 Å². The average molecular weight is 282 g/mol. The first-order valence-corrected chi connectivity index (χ1v) is 7.17. The number of hydrogen-bond acceptors (Lipinski definition) is 6. The number of nitrogens with one attached hydrogen (secondary N) is 1. The zero-order valence-corrected chi connectivity index (χ0v) is 12.2. The Labute approximate surface area is 116 Å². The van der Waals surface area contributed by atoms with Gasteiger partial charge >= 0.3 is 5.97 Å². The summed E-state index contributed by atoms with van der Waals surface area (Å²) >= 11 is 1.22. The smallest absolute Gasteiger partial charge is 0.358 e. The SMILES string of the molecule is CCC1(CNc2nc(C(=O)OC)c(C(C)=O)s2)CC1. The van der Waals surface area contributed by atoms with Gasteiger partial charge in [0.2, 0.25) is 0 Å². The standard InChI is InChI=1S/C13H18N2O3S/c1-4-13(5-6-13)7-14-12-15-9(11(17)18-3)10(19-12)8(2)16/h4-7H2,1-3H3,(H,14,15). The summed E-state index contributed by atoms with van der Waals surface area (Å²) in [7, 11) is 1.29. The molecule has 2 rings (SSSR count). The molecule has 1 saturated carbocycles. The van der Waals surface area contributed by atoms with E-state index in [1.807, 2.05) is 0 Å². The molecule has 0 amide bonds. The van der Waals surface area contributed by atoms with Crippen molar-refractivity contribution >= 4 is 28.2 Å². The minimum atomic E-state index is -0.564. The predicted molar refractivity (Wildman–Crippen MR) is 73.9 cm³/mol. The monoisotopic (exact) mass is 282 g/mol. The Morgan fingerprint density at radius 1 is 1.47 bits per heavy atom. The summed E-state index contributed by atoms with van der Waals surface area (Å²) in [6, 6.07) is 0. The van der Waals surface area contributed by atoms with Crippen LogP contribution in [0.5, 0.6) is 0 Å². The van der Waals surface area contributed by atoms with Crippen molar-refractivity contribution in [1.29, 1.82) is 0 Å². The highest BCUT2D eigenvalue weighted by Gasteiger charge is 2.40. The second-order valence-electron chi connectivity index (χ2n) is 4.95. The number of ketones is 1. The van der Waals surface area contributed by atoms with Gasteiger partial charge in [-0.1, -0.05) is 18.3 Å². The van der Waals surface area contributed by atoms with Gasteiger partial charge in [0.25, 0.3) is 0 Å². The topological polar surface area (TPSA) is 68.3 Å². The number of carbonyl (C=O) groups is 2. The van der Waals surface area contributed by atoms with Crippen LogP contribution >= 0.6 is 11.3 Å². The molecule has 5 nitrogen and oxygen atoms in total. The second-order valence-corrected chi connectivity index (χ2v) is 5.95. The van der Waals surface area contributed by atoms with Crippen molar-refractivity contribution in [2.75, 3.05) is 19.0 Å². The third-order valence-corrected chi connectivity index (χ3v) is 4.76. The van der Waals surface area contributed by atoms with E-state index >= 15 is 0 Å². The number of ether oxygens (including phenoxy) is 1. The molecule has 0 aromatic carbocycles. The molecule has 1 fully saturated rings. The molecule has 0 spiro atoms. The summed E-state index contributed by atoms with van der Waals surface area (Å²) in [6.45, 7) is 4.45. The molecule has 1 heterocycles. The van der Waals surface area contributed by atoms with Gasteiger partial charge in [-0.05, 0) is 24.7 Å². The fraction of sp³-hybridized carbons (Fsp3) is 0.615. The van der Waals surface area contributed by atoms with Crippen LogP contribution in [0.25, 0.3) is 0 Å². The van der Waals surface area contributed by atoms with Gasteiger partial charge in [0.05, 0.1) is 7.11 Å². The van der Waals surface area contributed by atoms with E-state index in [4.69, 9.17) is 0 Å². The van der Waals surface area contributed by atoms with Gasteiger partial charge in [-0.2, -0.15) is 0 Å². The fourth-order valence-electron chi connectivity index (χ4n) is 1.96. The van der Waals surface area contributed by atoms with Crippen LogP contribution in [0.3, 0.4) is 0 Å². The molecule has 6 heteroatoms. The van der Waals surface area contributed by atoms with E-state index in [0.29, 0.717) is 15.4 Å². The minimum absolute atomic E-state index is 0.115. The van der Waals surface area contributed by atoms with Crippen molar-refractivity contribution in [2.24, 2.45) is 5.41 Å². The zero-order chi connectivity index (χ0) is 14.0. The number of esters is 1. The number of Topliss-reactive ketones (excluding diaryl/α,β-unsaturated/α-hetero) is 1. The lowest BCUT2D eigenvalue weighted by molar-refractivity contribution is 0.0591. The van der Waals surface area contributed by atoms with E-state index in [9.17, 15) is 9.59 Å². The molecule has 1 aromatic heterocycles. The quantitative estimate of drug-likeness (QED) is 0.642. The number of thiazole rings is 1. The molecule has 1 N–H and O–H groups in total. The molecule has 1 aromatic rings. The Hall–Kier alpha value is -1.43. The second kappa shape index (κ2) is 5.28. The lowest BCUT2D eigenvalue weighted by Gasteiger charge is -2.11. The predicted octanol–water partition coefficient (Wildman–Crippen LogP) is 2.73. The molecular weight excluding hydrogens is 264 g/mol. The first kappa shape index (κ1) is 14.0. The number of carbonyl (C=O) groups excluding carboxylic acids is 2. The van der Waals surface area contributed by atoms with Crippen LogP contribution in [-0.4, -0.2) is 30.4 Å². The lowest BCUT2D eigenvalue weighted by Crippen LogP contribution is -2.14. The Morgan fingerprint density at radius 3 is 2.63 bits per heavy atom. The molecule has 1 aliphatic rings. The lowest BCUT2D eigenvalue weighted by atomic mass is 10.0. The van der Waals surface area contributed by atoms with Crippen LogP contribution in [0.2, 0.25) is 0 Å². The van der Waals surface area contributed by atoms with Crippen LogP contribution < -0.4 is 5.32 Å². The van der Waals surface area contributed by atoms with Gasteiger partial charge in [-0.15, -0.1) is 0 Å².